The van der Waals surface area contributed by atoms with Crippen LogP contribution in [0, 0.1) is 6.92 Å². The van der Waals surface area contributed by atoms with Gasteiger partial charge in [0.05, 0.1) is 18.4 Å². The maximum absolute atomic E-state index is 5.58. The van der Waals surface area contributed by atoms with Gasteiger partial charge in [0.1, 0.15) is 0 Å². The molecule has 0 bridgehead atoms. The number of aromatic nitrogens is 2. The normalized spacial score (nSPS) is 21.7. The van der Waals surface area contributed by atoms with Gasteiger partial charge in [-0.2, -0.15) is 5.10 Å². The van der Waals surface area contributed by atoms with Gasteiger partial charge in [0, 0.05) is 19.6 Å². The van der Waals surface area contributed by atoms with Crippen molar-refractivity contribution in [3.05, 3.63) is 17.8 Å². The van der Waals surface area contributed by atoms with Crippen LogP contribution in [-0.4, -0.2) is 42.5 Å². The number of nitrogens with two attached hydrogens (primary N) is 1. The molecule has 0 spiro atoms. The van der Waals surface area contributed by atoms with Crippen molar-refractivity contribution in [1.82, 2.24) is 10.2 Å². The molecule has 1 saturated heterocycles. The molecule has 2 heterocycles. The van der Waals surface area contributed by atoms with Crippen LogP contribution in [0.1, 0.15) is 5.69 Å². The highest BCUT2D eigenvalue weighted by atomic mass is 16.5. The van der Waals surface area contributed by atoms with Crippen LogP contribution in [0.5, 0.6) is 0 Å². The summed E-state index contributed by atoms with van der Waals surface area (Å²) in [5, 5.41) is 8.19. The molecule has 5 nitrogen and oxygen atoms in total. The Hall–Kier alpha value is -1.20. The van der Waals surface area contributed by atoms with Crippen LogP contribution in [0.4, 0.5) is 5.82 Å². The van der Waals surface area contributed by atoms with E-state index in [0.29, 0.717) is 13.2 Å². The molecule has 0 aliphatic carbocycles. The molecular formula is C10H16N4O. The molecule has 1 aliphatic rings. The third-order valence-electron chi connectivity index (χ3n) is 2.51. The van der Waals surface area contributed by atoms with Crippen LogP contribution in [0.25, 0.3) is 0 Å². The number of hydrogen-bond donors (Lipinski definition) is 1. The minimum absolute atomic E-state index is 0.113. The quantitative estimate of drug-likeness (QED) is 0.738. The van der Waals surface area contributed by atoms with Crippen molar-refractivity contribution < 1.29 is 4.74 Å². The third-order valence-corrected chi connectivity index (χ3v) is 2.51. The molecule has 0 radical (unpaired) electrons. The number of aryl methyl sites for hydroxylation is 1. The maximum Gasteiger partial charge on any atom is 0.151 e. The van der Waals surface area contributed by atoms with Gasteiger partial charge < -0.3 is 15.4 Å². The highest BCUT2D eigenvalue weighted by Crippen LogP contribution is 2.13. The Balaban J connectivity index is 2.06. The molecule has 2 rings (SSSR count). The Morgan fingerprint density at radius 3 is 3.07 bits per heavy atom. The summed E-state index contributed by atoms with van der Waals surface area (Å²) >= 11 is 0. The molecule has 15 heavy (non-hydrogen) atoms. The summed E-state index contributed by atoms with van der Waals surface area (Å²) < 4.78 is 5.49. The molecule has 1 fully saturated rings. The molecule has 0 saturated carbocycles. The highest BCUT2D eigenvalue weighted by molar-refractivity contribution is 5.37. The lowest BCUT2D eigenvalue weighted by molar-refractivity contribution is 0.0462. The standard InChI is InChI=1S/C10H16N4O/c1-8-2-3-10(13-12-8)14-4-5-15-9(6-11)7-14/h2-3,9H,4-7,11H2,1H3. The van der Waals surface area contributed by atoms with Crippen molar-refractivity contribution in [3.8, 4) is 0 Å². The summed E-state index contributed by atoms with van der Waals surface area (Å²) in [5.41, 5.74) is 6.51. The van der Waals surface area contributed by atoms with Gasteiger partial charge in [-0.3, -0.25) is 0 Å². The number of anilines is 1. The summed E-state index contributed by atoms with van der Waals surface area (Å²) in [4.78, 5) is 2.16. The summed E-state index contributed by atoms with van der Waals surface area (Å²) in [6.45, 7) is 4.84. The van der Waals surface area contributed by atoms with Crippen LogP contribution in [0.3, 0.4) is 0 Å². The molecule has 1 aliphatic heterocycles. The topological polar surface area (TPSA) is 64.3 Å². The van der Waals surface area contributed by atoms with E-state index in [1.165, 1.54) is 0 Å². The molecule has 1 aromatic rings. The van der Waals surface area contributed by atoms with Crippen molar-refractivity contribution in [1.29, 1.82) is 0 Å². The molecule has 1 aromatic heterocycles. The third kappa shape index (κ3) is 2.43. The highest BCUT2D eigenvalue weighted by Gasteiger charge is 2.20. The first kappa shape index (κ1) is 10.3. The van der Waals surface area contributed by atoms with Crippen LogP contribution in [-0.2, 0) is 4.74 Å². The smallest absolute Gasteiger partial charge is 0.151 e. The van der Waals surface area contributed by atoms with Crippen molar-refractivity contribution in [3.63, 3.8) is 0 Å². The van der Waals surface area contributed by atoms with Crippen LogP contribution in [0.2, 0.25) is 0 Å². The van der Waals surface area contributed by atoms with Crippen molar-refractivity contribution in [2.75, 3.05) is 31.1 Å². The lowest BCUT2D eigenvalue weighted by atomic mass is 10.2. The van der Waals surface area contributed by atoms with Gasteiger partial charge in [-0.05, 0) is 19.1 Å². The fourth-order valence-corrected chi connectivity index (χ4v) is 1.63. The zero-order valence-corrected chi connectivity index (χ0v) is 8.89. The van der Waals surface area contributed by atoms with E-state index in [0.717, 1.165) is 24.6 Å². The lowest BCUT2D eigenvalue weighted by Crippen LogP contribution is -2.46. The van der Waals surface area contributed by atoms with E-state index in [1.807, 2.05) is 19.1 Å². The van der Waals surface area contributed by atoms with Crippen LogP contribution < -0.4 is 10.6 Å². The zero-order valence-electron chi connectivity index (χ0n) is 8.89. The van der Waals surface area contributed by atoms with E-state index < -0.39 is 0 Å². The average Bonchev–Trinajstić information content (AvgIpc) is 2.30. The molecule has 0 amide bonds. The fourth-order valence-electron chi connectivity index (χ4n) is 1.63. The zero-order chi connectivity index (χ0) is 10.7. The van der Waals surface area contributed by atoms with Gasteiger partial charge in [-0.25, -0.2) is 0 Å². The van der Waals surface area contributed by atoms with Gasteiger partial charge in [-0.1, -0.05) is 0 Å². The van der Waals surface area contributed by atoms with Gasteiger partial charge in [0.2, 0.25) is 0 Å². The number of ether oxygens (including phenoxy) is 1. The Morgan fingerprint density at radius 2 is 2.40 bits per heavy atom. The first-order valence-corrected chi connectivity index (χ1v) is 5.16. The summed E-state index contributed by atoms with van der Waals surface area (Å²) in [7, 11) is 0. The van der Waals surface area contributed by atoms with Crippen LogP contribution >= 0.6 is 0 Å². The molecule has 5 heteroatoms. The number of rotatable bonds is 2. The molecule has 1 atom stereocenters. The maximum atomic E-state index is 5.58. The number of morpholine rings is 1. The lowest BCUT2D eigenvalue weighted by Gasteiger charge is -2.32. The molecule has 2 N–H and O–H groups in total. The Labute approximate surface area is 89.2 Å². The van der Waals surface area contributed by atoms with E-state index in [9.17, 15) is 0 Å². The van der Waals surface area contributed by atoms with E-state index in [1.54, 1.807) is 0 Å². The Kier molecular flexibility index (Phi) is 3.13. The molecule has 0 aromatic carbocycles. The van der Waals surface area contributed by atoms with Crippen LogP contribution in [0.15, 0.2) is 12.1 Å². The SMILES string of the molecule is Cc1ccc(N2CCOC(CN)C2)nn1. The molecule has 82 valence electrons. The molecular weight excluding hydrogens is 192 g/mol. The van der Waals surface area contributed by atoms with E-state index >= 15 is 0 Å². The predicted molar refractivity (Wildman–Crippen MR) is 57.8 cm³/mol. The molecule has 1 unspecified atom stereocenters. The van der Waals surface area contributed by atoms with Gasteiger partial charge >= 0.3 is 0 Å². The Bertz CT molecular complexity index is 314. The average molecular weight is 208 g/mol. The minimum Gasteiger partial charge on any atom is -0.373 e. The number of hydrogen-bond acceptors (Lipinski definition) is 5. The van der Waals surface area contributed by atoms with Gasteiger partial charge in [0.15, 0.2) is 5.82 Å². The van der Waals surface area contributed by atoms with E-state index in [-0.39, 0.29) is 6.10 Å². The Morgan fingerprint density at radius 1 is 1.53 bits per heavy atom. The summed E-state index contributed by atoms with van der Waals surface area (Å²) in [6.07, 6.45) is 0.113. The van der Waals surface area contributed by atoms with Crippen molar-refractivity contribution in [2.24, 2.45) is 5.73 Å². The van der Waals surface area contributed by atoms with Gasteiger partial charge in [0.25, 0.3) is 0 Å². The predicted octanol–water partition coefficient (Wildman–Crippen LogP) is -0.0511. The largest absolute Gasteiger partial charge is 0.373 e. The first-order valence-electron chi connectivity index (χ1n) is 5.16. The fraction of sp³-hybridized carbons (Fsp3) is 0.600. The second-order valence-corrected chi connectivity index (χ2v) is 3.71. The summed E-state index contributed by atoms with van der Waals surface area (Å²) in [5.74, 6) is 0.905. The van der Waals surface area contributed by atoms with Crippen molar-refractivity contribution >= 4 is 5.82 Å². The first-order chi connectivity index (χ1) is 7.29. The second kappa shape index (κ2) is 4.55. The second-order valence-electron chi connectivity index (χ2n) is 3.71. The van der Waals surface area contributed by atoms with Crippen molar-refractivity contribution in [2.45, 2.75) is 13.0 Å². The van der Waals surface area contributed by atoms with E-state index in [2.05, 4.69) is 15.1 Å². The van der Waals surface area contributed by atoms with E-state index in [4.69, 9.17) is 10.5 Å². The summed E-state index contributed by atoms with van der Waals surface area (Å²) in [6, 6.07) is 3.95. The number of nitrogens with zero attached hydrogens (tertiary/aromatic N) is 3. The monoisotopic (exact) mass is 208 g/mol. The minimum atomic E-state index is 0.113. The van der Waals surface area contributed by atoms with Gasteiger partial charge in [-0.15, -0.1) is 5.10 Å².